The van der Waals surface area contributed by atoms with Crippen LogP contribution in [0, 0.1) is 4.91 Å². The molecule has 17 heavy (non-hydrogen) atoms. The summed E-state index contributed by atoms with van der Waals surface area (Å²) in [5.74, 6) is -0.261. The van der Waals surface area contributed by atoms with Crippen LogP contribution in [0.4, 0.5) is 5.69 Å². The van der Waals surface area contributed by atoms with Gasteiger partial charge in [0.05, 0.1) is 5.56 Å². The molecule has 0 aromatic heterocycles. The zero-order valence-corrected chi connectivity index (χ0v) is 9.52. The first kappa shape index (κ1) is 11.5. The number of nitrogens with zero attached hydrogens (tertiary/aromatic N) is 1. The van der Waals surface area contributed by atoms with E-state index in [1.807, 2.05) is 6.07 Å². The highest BCUT2D eigenvalue weighted by Crippen LogP contribution is 2.25. The molecule has 3 nitrogen and oxygen atoms in total. The van der Waals surface area contributed by atoms with E-state index in [0.29, 0.717) is 10.6 Å². The maximum atomic E-state index is 12.1. The van der Waals surface area contributed by atoms with E-state index in [9.17, 15) is 9.70 Å². The van der Waals surface area contributed by atoms with Gasteiger partial charge >= 0.3 is 0 Å². The predicted molar refractivity (Wildman–Crippen MR) is 66.8 cm³/mol. The van der Waals surface area contributed by atoms with E-state index in [1.54, 1.807) is 24.3 Å². The van der Waals surface area contributed by atoms with Crippen LogP contribution in [0.5, 0.6) is 0 Å². The van der Waals surface area contributed by atoms with E-state index >= 15 is 0 Å². The quantitative estimate of drug-likeness (QED) is 0.607. The summed E-state index contributed by atoms with van der Waals surface area (Å²) in [5, 5.41) is 3.23. The molecule has 0 N–H and O–H groups in total. The molecule has 4 heteroatoms. The Balaban J connectivity index is 2.50. The van der Waals surface area contributed by atoms with Crippen molar-refractivity contribution in [2.24, 2.45) is 5.18 Å². The van der Waals surface area contributed by atoms with Crippen molar-refractivity contribution < 1.29 is 4.79 Å². The molecule has 0 unspecified atom stereocenters. The number of nitroso groups, excluding NO2 is 1. The molecule has 84 valence electrons. The van der Waals surface area contributed by atoms with Crippen LogP contribution in [0.2, 0.25) is 5.02 Å². The first-order valence-electron chi connectivity index (χ1n) is 4.95. The molecule has 0 bridgehead atoms. The Morgan fingerprint density at radius 2 is 1.76 bits per heavy atom. The highest BCUT2D eigenvalue weighted by atomic mass is 35.5. The standard InChI is InChI=1S/C13H8ClNO2/c14-10-6-7-12(15-17)11(8-10)13(16)9-4-2-1-3-5-9/h1-8H. The van der Waals surface area contributed by atoms with Crippen molar-refractivity contribution in [3.05, 3.63) is 69.6 Å². The Morgan fingerprint density at radius 1 is 1.06 bits per heavy atom. The number of hydrogen-bond donors (Lipinski definition) is 0. The van der Waals surface area contributed by atoms with Crippen molar-refractivity contribution in [2.75, 3.05) is 0 Å². The smallest absolute Gasteiger partial charge is 0.195 e. The van der Waals surface area contributed by atoms with Crippen LogP contribution in [0.15, 0.2) is 53.7 Å². The molecule has 0 atom stereocenters. The zero-order chi connectivity index (χ0) is 12.3. The number of rotatable bonds is 3. The first-order chi connectivity index (χ1) is 8.22. The molecule has 0 aliphatic rings. The van der Waals surface area contributed by atoms with Gasteiger partial charge in [-0.1, -0.05) is 41.9 Å². The lowest BCUT2D eigenvalue weighted by atomic mass is 10.0. The fourth-order valence-electron chi connectivity index (χ4n) is 1.51. The van der Waals surface area contributed by atoms with Gasteiger partial charge in [0, 0.05) is 10.6 Å². The summed E-state index contributed by atoms with van der Waals surface area (Å²) < 4.78 is 0. The van der Waals surface area contributed by atoms with Gasteiger partial charge in [-0.3, -0.25) is 4.79 Å². The lowest BCUT2D eigenvalue weighted by molar-refractivity contribution is 0.103. The fourth-order valence-corrected chi connectivity index (χ4v) is 1.69. The third-order valence-electron chi connectivity index (χ3n) is 2.34. The van der Waals surface area contributed by atoms with Gasteiger partial charge in [-0.25, -0.2) is 0 Å². The second kappa shape index (κ2) is 4.89. The average Bonchev–Trinajstić information content (AvgIpc) is 2.39. The van der Waals surface area contributed by atoms with Crippen LogP contribution in [-0.2, 0) is 0 Å². The largest absolute Gasteiger partial charge is 0.289 e. The highest BCUT2D eigenvalue weighted by Gasteiger charge is 2.14. The Hall–Kier alpha value is -2.00. The van der Waals surface area contributed by atoms with Gasteiger partial charge in [0.1, 0.15) is 5.69 Å². The van der Waals surface area contributed by atoms with Crippen LogP contribution in [0.25, 0.3) is 0 Å². The first-order valence-corrected chi connectivity index (χ1v) is 5.33. The third-order valence-corrected chi connectivity index (χ3v) is 2.57. The van der Waals surface area contributed by atoms with E-state index in [2.05, 4.69) is 5.18 Å². The fraction of sp³-hybridized carbons (Fsp3) is 0. The second-order valence-corrected chi connectivity index (χ2v) is 3.88. The Labute approximate surface area is 103 Å². The number of hydrogen-bond acceptors (Lipinski definition) is 3. The molecule has 0 saturated carbocycles. The minimum atomic E-state index is -0.261. The van der Waals surface area contributed by atoms with E-state index < -0.39 is 0 Å². The zero-order valence-electron chi connectivity index (χ0n) is 8.76. The van der Waals surface area contributed by atoms with Crippen molar-refractivity contribution in [1.29, 1.82) is 0 Å². The van der Waals surface area contributed by atoms with E-state index in [4.69, 9.17) is 11.6 Å². The number of ketones is 1. The van der Waals surface area contributed by atoms with Crippen molar-refractivity contribution >= 4 is 23.1 Å². The Bertz CT molecular complexity index is 567. The molecule has 0 spiro atoms. The lowest BCUT2D eigenvalue weighted by Gasteiger charge is -2.03. The van der Waals surface area contributed by atoms with Crippen LogP contribution in [0.1, 0.15) is 15.9 Å². The van der Waals surface area contributed by atoms with E-state index in [0.717, 1.165) is 0 Å². The summed E-state index contributed by atoms with van der Waals surface area (Å²) in [5.41, 5.74) is 0.821. The summed E-state index contributed by atoms with van der Waals surface area (Å²) in [6.07, 6.45) is 0. The number of carbonyl (C=O) groups excluding carboxylic acids is 1. The number of halogens is 1. The molecule has 0 radical (unpaired) electrons. The lowest BCUT2D eigenvalue weighted by Crippen LogP contribution is -2.01. The van der Waals surface area contributed by atoms with Crippen molar-refractivity contribution in [3.63, 3.8) is 0 Å². The molecular formula is C13H8ClNO2. The SMILES string of the molecule is O=Nc1ccc(Cl)cc1C(=O)c1ccccc1. The summed E-state index contributed by atoms with van der Waals surface area (Å²) in [4.78, 5) is 22.7. The summed E-state index contributed by atoms with van der Waals surface area (Å²) in [6.45, 7) is 0. The molecule has 2 aromatic rings. The van der Waals surface area contributed by atoms with Crippen LogP contribution in [-0.4, -0.2) is 5.78 Å². The number of carbonyl (C=O) groups is 1. The maximum absolute atomic E-state index is 12.1. The van der Waals surface area contributed by atoms with Gasteiger partial charge in [0.2, 0.25) is 0 Å². The molecule has 2 aromatic carbocycles. The van der Waals surface area contributed by atoms with Crippen LogP contribution >= 0.6 is 11.6 Å². The summed E-state index contributed by atoms with van der Waals surface area (Å²) in [7, 11) is 0. The van der Waals surface area contributed by atoms with Crippen LogP contribution in [0.3, 0.4) is 0 Å². The minimum Gasteiger partial charge on any atom is -0.289 e. The van der Waals surface area contributed by atoms with Gasteiger partial charge in [0.25, 0.3) is 0 Å². The normalized spacial score (nSPS) is 9.94. The molecule has 0 saturated heterocycles. The van der Waals surface area contributed by atoms with Crippen molar-refractivity contribution in [3.8, 4) is 0 Å². The highest BCUT2D eigenvalue weighted by molar-refractivity contribution is 6.31. The molecule has 0 heterocycles. The third kappa shape index (κ3) is 2.40. The van der Waals surface area contributed by atoms with E-state index in [1.165, 1.54) is 18.2 Å². The Morgan fingerprint density at radius 3 is 2.41 bits per heavy atom. The Kier molecular flexibility index (Phi) is 3.30. The topological polar surface area (TPSA) is 46.5 Å². The minimum absolute atomic E-state index is 0.100. The van der Waals surface area contributed by atoms with Gasteiger partial charge in [-0.05, 0) is 23.4 Å². The van der Waals surface area contributed by atoms with Gasteiger partial charge in [-0.15, -0.1) is 4.91 Å². The van der Waals surface area contributed by atoms with Gasteiger partial charge in [0.15, 0.2) is 5.78 Å². The molecule has 0 fully saturated rings. The van der Waals surface area contributed by atoms with Gasteiger partial charge < -0.3 is 0 Å². The molecule has 0 aliphatic heterocycles. The molecule has 0 amide bonds. The predicted octanol–water partition coefficient (Wildman–Crippen LogP) is 3.97. The second-order valence-electron chi connectivity index (χ2n) is 3.45. The summed E-state index contributed by atoms with van der Waals surface area (Å²) in [6, 6.07) is 13.1. The molecular weight excluding hydrogens is 238 g/mol. The molecule has 2 rings (SSSR count). The average molecular weight is 246 g/mol. The van der Waals surface area contributed by atoms with Gasteiger partial charge in [-0.2, -0.15) is 0 Å². The molecule has 0 aliphatic carbocycles. The van der Waals surface area contributed by atoms with E-state index in [-0.39, 0.29) is 17.0 Å². The maximum Gasteiger partial charge on any atom is 0.195 e. The number of benzene rings is 2. The van der Waals surface area contributed by atoms with Crippen LogP contribution < -0.4 is 0 Å². The van der Waals surface area contributed by atoms with Crippen molar-refractivity contribution in [2.45, 2.75) is 0 Å². The summed E-state index contributed by atoms with van der Waals surface area (Å²) >= 11 is 5.81. The monoisotopic (exact) mass is 245 g/mol. The van der Waals surface area contributed by atoms with Crippen molar-refractivity contribution in [1.82, 2.24) is 0 Å².